The number of anilines is 1. The Morgan fingerprint density at radius 1 is 1.35 bits per heavy atom. The number of nitrogens with one attached hydrogen (secondary N) is 1. The zero-order valence-electron chi connectivity index (χ0n) is 9.77. The third-order valence-corrected chi connectivity index (χ3v) is 2.80. The summed E-state index contributed by atoms with van der Waals surface area (Å²) in [5, 5.41) is 10.8. The Hall–Kier alpha value is -1.55. The fourth-order valence-corrected chi connectivity index (χ4v) is 1.81. The van der Waals surface area contributed by atoms with Crippen LogP contribution in [0.2, 0.25) is 0 Å². The maximum atomic E-state index is 5.59. The molecule has 0 spiro atoms. The first-order chi connectivity index (χ1) is 8.20. The largest absolute Gasteiger partial charge is 0.407 e. The zero-order valence-corrected chi connectivity index (χ0v) is 10.5. The van der Waals surface area contributed by atoms with Gasteiger partial charge in [0.1, 0.15) is 5.88 Å². The van der Waals surface area contributed by atoms with Gasteiger partial charge in [0.2, 0.25) is 5.89 Å². The average Bonchev–Trinajstić information content (AvgIpc) is 2.77. The smallest absolute Gasteiger partial charge is 0.315 e. The van der Waals surface area contributed by atoms with Gasteiger partial charge in [-0.05, 0) is 25.0 Å². The molecule has 1 aromatic carbocycles. The Labute approximate surface area is 105 Å². The molecule has 4 nitrogen and oxygen atoms in total. The van der Waals surface area contributed by atoms with Gasteiger partial charge in [0.05, 0.1) is 6.04 Å². The molecule has 1 unspecified atom stereocenters. The van der Waals surface area contributed by atoms with E-state index in [-0.39, 0.29) is 11.9 Å². The van der Waals surface area contributed by atoms with Crippen LogP contribution in [-0.4, -0.2) is 10.2 Å². The SMILES string of the molecule is Cc1ccccc1C(C)Nc1nnc(CCl)o1. The first kappa shape index (κ1) is 11.9. The van der Waals surface area contributed by atoms with E-state index in [2.05, 4.69) is 34.6 Å². The fraction of sp³-hybridized carbons (Fsp3) is 0.333. The van der Waals surface area contributed by atoms with E-state index in [0.717, 1.165) is 0 Å². The summed E-state index contributed by atoms with van der Waals surface area (Å²) >= 11 is 5.59. The normalized spacial score (nSPS) is 12.4. The Kier molecular flexibility index (Phi) is 3.64. The van der Waals surface area contributed by atoms with Crippen LogP contribution < -0.4 is 5.32 Å². The summed E-state index contributed by atoms with van der Waals surface area (Å²) in [4.78, 5) is 0. The molecule has 0 amide bonds. The number of benzene rings is 1. The van der Waals surface area contributed by atoms with Crippen LogP contribution >= 0.6 is 11.6 Å². The molecule has 0 aliphatic rings. The van der Waals surface area contributed by atoms with E-state index in [0.29, 0.717) is 11.9 Å². The molecule has 1 N–H and O–H groups in total. The van der Waals surface area contributed by atoms with E-state index < -0.39 is 0 Å². The lowest BCUT2D eigenvalue weighted by atomic mass is 10.0. The lowest BCUT2D eigenvalue weighted by Gasteiger charge is -2.14. The van der Waals surface area contributed by atoms with Crippen LogP contribution in [0.3, 0.4) is 0 Å². The van der Waals surface area contributed by atoms with Crippen molar-refractivity contribution in [1.29, 1.82) is 0 Å². The summed E-state index contributed by atoms with van der Waals surface area (Å²) in [5.41, 5.74) is 2.43. The molecule has 1 atom stereocenters. The lowest BCUT2D eigenvalue weighted by Crippen LogP contribution is -2.08. The molecule has 1 aromatic heterocycles. The summed E-state index contributed by atoms with van der Waals surface area (Å²) in [6.45, 7) is 4.12. The first-order valence-electron chi connectivity index (χ1n) is 5.41. The van der Waals surface area contributed by atoms with Crippen LogP contribution in [0.1, 0.15) is 30.0 Å². The molecular formula is C12H14ClN3O. The van der Waals surface area contributed by atoms with Crippen molar-refractivity contribution in [2.45, 2.75) is 25.8 Å². The predicted octanol–water partition coefficient (Wildman–Crippen LogP) is 3.29. The summed E-state index contributed by atoms with van der Waals surface area (Å²) < 4.78 is 5.30. The van der Waals surface area contributed by atoms with Gasteiger partial charge in [0.15, 0.2) is 0 Å². The molecule has 0 saturated carbocycles. The topological polar surface area (TPSA) is 51.0 Å². The molecule has 0 saturated heterocycles. The third-order valence-electron chi connectivity index (χ3n) is 2.58. The number of hydrogen-bond acceptors (Lipinski definition) is 4. The highest BCUT2D eigenvalue weighted by atomic mass is 35.5. The van der Waals surface area contributed by atoms with Crippen LogP contribution in [0.5, 0.6) is 0 Å². The van der Waals surface area contributed by atoms with Gasteiger partial charge in [-0.15, -0.1) is 16.7 Å². The van der Waals surface area contributed by atoms with Gasteiger partial charge in [-0.25, -0.2) is 0 Å². The van der Waals surface area contributed by atoms with Crippen LogP contribution in [0.15, 0.2) is 28.7 Å². The molecule has 90 valence electrons. The average molecular weight is 252 g/mol. The summed E-state index contributed by atoms with van der Waals surface area (Å²) in [6.07, 6.45) is 0. The molecule has 0 bridgehead atoms. The summed E-state index contributed by atoms with van der Waals surface area (Å²) in [5.74, 6) is 0.652. The number of hydrogen-bond donors (Lipinski definition) is 1. The van der Waals surface area contributed by atoms with Crippen LogP contribution in [0, 0.1) is 6.92 Å². The molecule has 0 aliphatic carbocycles. The van der Waals surface area contributed by atoms with Crippen molar-refractivity contribution < 1.29 is 4.42 Å². The van der Waals surface area contributed by atoms with Crippen molar-refractivity contribution in [3.05, 3.63) is 41.3 Å². The molecular weight excluding hydrogens is 238 g/mol. The zero-order chi connectivity index (χ0) is 12.3. The van der Waals surface area contributed by atoms with Crippen molar-refractivity contribution in [2.24, 2.45) is 0 Å². The number of alkyl halides is 1. The first-order valence-corrected chi connectivity index (χ1v) is 5.94. The predicted molar refractivity (Wildman–Crippen MR) is 67.1 cm³/mol. The minimum absolute atomic E-state index is 0.111. The Morgan fingerprint density at radius 3 is 2.76 bits per heavy atom. The van der Waals surface area contributed by atoms with Gasteiger partial charge in [-0.3, -0.25) is 0 Å². The van der Waals surface area contributed by atoms with Crippen molar-refractivity contribution in [3.63, 3.8) is 0 Å². The maximum Gasteiger partial charge on any atom is 0.315 e. The number of halogens is 1. The second-order valence-corrected chi connectivity index (χ2v) is 4.12. The molecule has 5 heteroatoms. The van der Waals surface area contributed by atoms with Crippen molar-refractivity contribution in [2.75, 3.05) is 5.32 Å². The molecule has 0 radical (unpaired) electrons. The molecule has 0 aliphatic heterocycles. The monoisotopic (exact) mass is 251 g/mol. The number of nitrogens with zero attached hydrogens (tertiary/aromatic N) is 2. The summed E-state index contributed by atoms with van der Waals surface area (Å²) in [6, 6.07) is 8.69. The minimum atomic E-state index is 0.111. The summed E-state index contributed by atoms with van der Waals surface area (Å²) in [7, 11) is 0. The highest BCUT2D eigenvalue weighted by Crippen LogP contribution is 2.21. The Morgan fingerprint density at radius 2 is 2.12 bits per heavy atom. The van der Waals surface area contributed by atoms with E-state index in [1.165, 1.54) is 11.1 Å². The van der Waals surface area contributed by atoms with Gasteiger partial charge < -0.3 is 9.73 Å². The third kappa shape index (κ3) is 2.77. The number of aryl methyl sites for hydroxylation is 1. The van der Waals surface area contributed by atoms with Crippen molar-refractivity contribution in [1.82, 2.24) is 10.2 Å². The van der Waals surface area contributed by atoms with E-state index in [9.17, 15) is 0 Å². The molecule has 2 aromatic rings. The van der Waals surface area contributed by atoms with Crippen LogP contribution in [0.4, 0.5) is 6.01 Å². The second kappa shape index (κ2) is 5.19. The molecule has 2 rings (SSSR count). The van der Waals surface area contributed by atoms with Gasteiger partial charge in [0, 0.05) is 0 Å². The second-order valence-electron chi connectivity index (χ2n) is 3.86. The molecule has 1 heterocycles. The van der Waals surface area contributed by atoms with Gasteiger partial charge in [-0.2, -0.15) is 0 Å². The van der Waals surface area contributed by atoms with E-state index in [4.69, 9.17) is 16.0 Å². The lowest BCUT2D eigenvalue weighted by molar-refractivity contribution is 0.520. The fourth-order valence-electron chi connectivity index (χ4n) is 1.70. The van der Waals surface area contributed by atoms with E-state index in [1.807, 2.05) is 19.1 Å². The highest BCUT2D eigenvalue weighted by molar-refractivity contribution is 6.16. The van der Waals surface area contributed by atoms with Crippen molar-refractivity contribution in [3.8, 4) is 0 Å². The van der Waals surface area contributed by atoms with Crippen molar-refractivity contribution >= 4 is 17.6 Å². The Bertz CT molecular complexity index is 498. The minimum Gasteiger partial charge on any atom is -0.407 e. The molecule has 0 fully saturated rings. The van der Waals surface area contributed by atoms with Gasteiger partial charge in [0.25, 0.3) is 0 Å². The van der Waals surface area contributed by atoms with Gasteiger partial charge >= 0.3 is 6.01 Å². The molecule has 17 heavy (non-hydrogen) atoms. The number of rotatable bonds is 4. The standard InChI is InChI=1S/C12H14ClN3O/c1-8-5-3-4-6-10(8)9(2)14-12-16-15-11(7-13)17-12/h3-6,9H,7H2,1-2H3,(H,14,16). The maximum absolute atomic E-state index is 5.59. The van der Waals surface area contributed by atoms with Gasteiger partial charge in [-0.1, -0.05) is 29.4 Å². The highest BCUT2D eigenvalue weighted by Gasteiger charge is 2.11. The number of aromatic nitrogens is 2. The van der Waals surface area contributed by atoms with Crippen LogP contribution in [0.25, 0.3) is 0 Å². The van der Waals surface area contributed by atoms with E-state index in [1.54, 1.807) is 0 Å². The quantitative estimate of drug-likeness (QED) is 0.848. The van der Waals surface area contributed by atoms with E-state index >= 15 is 0 Å². The Balaban J connectivity index is 2.11. The van der Waals surface area contributed by atoms with Crippen LogP contribution in [-0.2, 0) is 5.88 Å².